The minimum Gasteiger partial charge on any atom is -0.496 e. The van der Waals surface area contributed by atoms with Crippen molar-refractivity contribution in [2.75, 3.05) is 7.11 Å². The molecule has 1 unspecified atom stereocenters. The Labute approximate surface area is 122 Å². The molecule has 0 aliphatic carbocycles. The van der Waals surface area contributed by atoms with Crippen molar-refractivity contribution in [3.63, 3.8) is 0 Å². The van der Waals surface area contributed by atoms with Crippen LogP contribution in [0.5, 0.6) is 5.75 Å². The van der Waals surface area contributed by atoms with Crippen LogP contribution >= 0.6 is 11.3 Å². The zero-order valence-electron chi connectivity index (χ0n) is 11.2. The number of hydrogen-bond acceptors (Lipinski definition) is 3. The molecular formula is C17H16O2S. The van der Waals surface area contributed by atoms with E-state index in [1.165, 1.54) is 4.70 Å². The monoisotopic (exact) mass is 284 g/mol. The van der Waals surface area contributed by atoms with Crippen LogP contribution in [-0.4, -0.2) is 12.2 Å². The van der Waals surface area contributed by atoms with Crippen molar-refractivity contribution in [2.45, 2.75) is 12.5 Å². The number of fused-ring (bicyclic) bond motifs is 1. The number of ether oxygens (including phenoxy) is 1. The van der Waals surface area contributed by atoms with E-state index in [0.717, 1.165) is 22.3 Å². The maximum atomic E-state index is 10.5. The first-order valence-electron chi connectivity index (χ1n) is 6.55. The third-order valence-corrected chi connectivity index (χ3v) is 4.46. The van der Waals surface area contributed by atoms with Gasteiger partial charge in [-0.2, -0.15) is 0 Å². The summed E-state index contributed by atoms with van der Waals surface area (Å²) in [6, 6.07) is 16.0. The van der Waals surface area contributed by atoms with Gasteiger partial charge in [-0.1, -0.05) is 36.4 Å². The fraction of sp³-hybridized carbons (Fsp3) is 0.176. The molecular weight excluding hydrogens is 268 g/mol. The van der Waals surface area contributed by atoms with Gasteiger partial charge in [-0.25, -0.2) is 0 Å². The third-order valence-electron chi connectivity index (χ3n) is 3.48. The highest BCUT2D eigenvalue weighted by atomic mass is 32.1. The summed E-state index contributed by atoms with van der Waals surface area (Å²) >= 11 is 1.67. The Kier molecular flexibility index (Phi) is 3.72. The van der Waals surface area contributed by atoms with Gasteiger partial charge in [-0.05, 0) is 34.0 Å². The van der Waals surface area contributed by atoms with E-state index in [0.29, 0.717) is 6.42 Å². The first-order valence-corrected chi connectivity index (χ1v) is 7.43. The topological polar surface area (TPSA) is 29.5 Å². The molecule has 3 aromatic rings. The summed E-state index contributed by atoms with van der Waals surface area (Å²) in [5.41, 5.74) is 2.02. The van der Waals surface area contributed by atoms with Gasteiger partial charge >= 0.3 is 0 Å². The minimum atomic E-state index is -0.512. The molecule has 0 bridgehead atoms. The highest BCUT2D eigenvalue weighted by Crippen LogP contribution is 2.33. The summed E-state index contributed by atoms with van der Waals surface area (Å²) < 4.78 is 6.55. The Bertz CT molecular complexity index is 718. The number of hydrogen-bond donors (Lipinski definition) is 1. The summed E-state index contributed by atoms with van der Waals surface area (Å²) in [6.45, 7) is 0. The van der Waals surface area contributed by atoms with Crippen molar-refractivity contribution in [3.8, 4) is 5.75 Å². The largest absolute Gasteiger partial charge is 0.496 e. The van der Waals surface area contributed by atoms with Crippen LogP contribution in [-0.2, 0) is 6.42 Å². The van der Waals surface area contributed by atoms with Gasteiger partial charge in [0.05, 0.1) is 13.2 Å². The van der Waals surface area contributed by atoms with Crippen molar-refractivity contribution in [3.05, 3.63) is 65.0 Å². The molecule has 0 radical (unpaired) electrons. The van der Waals surface area contributed by atoms with Gasteiger partial charge in [0.25, 0.3) is 0 Å². The van der Waals surface area contributed by atoms with Crippen LogP contribution in [0, 0.1) is 0 Å². The molecule has 0 saturated carbocycles. The summed E-state index contributed by atoms with van der Waals surface area (Å²) in [7, 11) is 1.66. The number of thiophene rings is 1. The molecule has 2 nitrogen and oxygen atoms in total. The van der Waals surface area contributed by atoms with E-state index in [2.05, 4.69) is 12.1 Å². The van der Waals surface area contributed by atoms with E-state index in [1.54, 1.807) is 18.4 Å². The molecule has 0 spiro atoms. The van der Waals surface area contributed by atoms with Crippen LogP contribution in [0.25, 0.3) is 10.1 Å². The Morgan fingerprint density at radius 3 is 2.70 bits per heavy atom. The fourth-order valence-electron chi connectivity index (χ4n) is 2.45. The summed E-state index contributed by atoms with van der Waals surface area (Å²) in [6.07, 6.45) is 0.0486. The molecule has 20 heavy (non-hydrogen) atoms. The molecule has 0 amide bonds. The maximum Gasteiger partial charge on any atom is 0.122 e. The van der Waals surface area contributed by atoms with Crippen molar-refractivity contribution >= 4 is 21.4 Å². The zero-order chi connectivity index (χ0) is 13.9. The number of methoxy groups -OCH3 is 1. The first kappa shape index (κ1) is 13.2. The predicted molar refractivity (Wildman–Crippen MR) is 83.5 cm³/mol. The number of rotatable bonds is 4. The average molecular weight is 284 g/mol. The van der Waals surface area contributed by atoms with E-state index in [4.69, 9.17) is 4.74 Å². The Hall–Kier alpha value is -1.84. The van der Waals surface area contributed by atoms with Gasteiger partial charge < -0.3 is 9.84 Å². The van der Waals surface area contributed by atoms with Gasteiger partial charge in [0.15, 0.2) is 0 Å². The van der Waals surface area contributed by atoms with Crippen LogP contribution < -0.4 is 4.74 Å². The molecule has 1 aromatic heterocycles. The molecule has 3 rings (SSSR count). The molecule has 1 atom stereocenters. The van der Waals surface area contributed by atoms with Gasteiger partial charge in [-0.3, -0.25) is 0 Å². The lowest BCUT2D eigenvalue weighted by Gasteiger charge is -2.13. The van der Waals surface area contributed by atoms with Gasteiger partial charge in [0, 0.05) is 11.1 Å². The van der Waals surface area contributed by atoms with Crippen LogP contribution in [0.1, 0.15) is 17.2 Å². The fourth-order valence-corrected chi connectivity index (χ4v) is 3.45. The van der Waals surface area contributed by atoms with E-state index < -0.39 is 6.10 Å². The minimum absolute atomic E-state index is 0.512. The Morgan fingerprint density at radius 1 is 1.10 bits per heavy atom. The molecule has 0 fully saturated rings. The second-order valence-corrected chi connectivity index (χ2v) is 5.63. The average Bonchev–Trinajstić information content (AvgIpc) is 2.92. The molecule has 0 saturated heterocycles. The van der Waals surface area contributed by atoms with Crippen LogP contribution in [0.4, 0.5) is 0 Å². The normalized spacial score (nSPS) is 12.5. The predicted octanol–water partition coefficient (Wildman–Crippen LogP) is 4.19. The van der Waals surface area contributed by atoms with Crippen molar-refractivity contribution in [1.82, 2.24) is 0 Å². The second kappa shape index (κ2) is 5.65. The molecule has 102 valence electrons. The van der Waals surface area contributed by atoms with E-state index in [9.17, 15) is 5.11 Å². The number of para-hydroxylation sites is 1. The van der Waals surface area contributed by atoms with Crippen LogP contribution in [0.15, 0.2) is 53.9 Å². The number of aliphatic hydroxyl groups excluding tert-OH is 1. The lowest BCUT2D eigenvalue weighted by atomic mass is 10.0. The third kappa shape index (κ3) is 2.42. The highest BCUT2D eigenvalue weighted by molar-refractivity contribution is 7.17. The molecule has 3 heteroatoms. The van der Waals surface area contributed by atoms with Crippen molar-refractivity contribution in [1.29, 1.82) is 0 Å². The van der Waals surface area contributed by atoms with Crippen molar-refractivity contribution < 1.29 is 9.84 Å². The molecule has 1 N–H and O–H groups in total. The van der Waals surface area contributed by atoms with Crippen molar-refractivity contribution in [2.24, 2.45) is 0 Å². The molecule has 2 aromatic carbocycles. The SMILES string of the molecule is COc1ccccc1CC(O)c1csc2ccccc12. The van der Waals surface area contributed by atoms with Gasteiger partial charge in [-0.15, -0.1) is 11.3 Å². The lowest BCUT2D eigenvalue weighted by molar-refractivity contribution is 0.179. The summed E-state index contributed by atoms with van der Waals surface area (Å²) in [5.74, 6) is 0.825. The summed E-state index contributed by atoms with van der Waals surface area (Å²) in [4.78, 5) is 0. The number of aliphatic hydroxyl groups is 1. The lowest BCUT2D eigenvalue weighted by Crippen LogP contribution is -2.02. The van der Waals surface area contributed by atoms with E-state index in [-0.39, 0.29) is 0 Å². The highest BCUT2D eigenvalue weighted by Gasteiger charge is 2.15. The van der Waals surface area contributed by atoms with Gasteiger partial charge in [0.2, 0.25) is 0 Å². The smallest absolute Gasteiger partial charge is 0.122 e. The standard InChI is InChI=1S/C17H16O2S/c1-19-16-8-4-2-6-12(16)10-15(18)14-11-20-17-9-5-3-7-13(14)17/h2-9,11,15,18H,10H2,1H3. The van der Waals surface area contributed by atoms with E-state index in [1.807, 2.05) is 41.8 Å². The molecule has 0 aliphatic rings. The van der Waals surface area contributed by atoms with E-state index >= 15 is 0 Å². The van der Waals surface area contributed by atoms with Crippen LogP contribution in [0.3, 0.4) is 0 Å². The first-order chi connectivity index (χ1) is 9.79. The Balaban J connectivity index is 1.91. The van der Waals surface area contributed by atoms with Crippen LogP contribution in [0.2, 0.25) is 0 Å². The molecule has 0 aliphatic heterocycles. The summed E-state index contributed by atoms with van der Waals surface area (Å²) in [5, 5.41) is 13.7. The Morgan fingerprint density at radius 2 is 1.85 bits per heavy atom. The second-order valence-electron chi connectivity index (χ2n) is 4.72. The quantitative estimate of drug-likeness (QED) is 0.778. The molecule has 1 heterocycles. The maximum absolute atomic E-state index is 10.5. The van der Waals surface area contributed by atoms with Gasteiger partial charge in [0.1, 0.15) is 5.75 Å². The zero-order valence-corrected chi connectivity index (χ0v) is 12.1. The number of benzene rings is 2.